The Labute approximate surface area is 206 Å². The molecule has 7 nitrogen and oxygen atoms in total. The van der Waals surface area contributed by atoms with E-state index in [4.69, 9.17) is 9.47 Å². The van der Waals surface area contributed by atoms with Crippen LogP contribution in [0.1, 0.15) is 68.3 Å². The van der Waals surface area contributed by atoms with Crippen LogP contribution < -0.4 is 5.32 Å². The third kappa shape index (κ3) is 6.29. The van der Waals surface area contributed by atoms with E-state index >= 15 is 0 Å². The van der Waals surface area contributed by atoms with Crippen LogP contribution in [0.15, 0.2) is 60.8 Å². The summed E-state index contributed by atoms with van der Waals surface area (Å²) in [7, 11) is 0. The minimum atomic E-state index is -0.598. The lowest BCUT2D eigenvalue weighted by atomic mass is 9.71. The van der Waals surface area contributed by atoms with Crippen molar-refractivity contribution in [1.82, 2.24) is 9.78 Å². The van der Waals surface area contributed by atoms with Gasteiger partial charge in [0.05, 0.1) is 5.69 Å². The molecular weight excluding hydrogens is 442 g/mol. The molecule has 184 valence electrons. The number of anilines is 1. The van der Waals surface area contributed by atoms with Crippen LogP contribution in [-0.2, 0) is 16.1 Å². The van der Waals surface area contributed by atoms with Gasteiger partial charge in [0.1, 0.15) is 12.2 Å². The molecule has 35 heavy (non-hydrogen) atoms. The van der Waals surface area contributed by atoms with Gasteiger partial charge in [-0.15, -0.1) is 0 Å². The molecule has 1 aliphatic rings. The molecule has 4 rings (SSSR count). The van der Waals surface area contributed by atoms with E-state index in [0.29, 0.717) is 11.6 Å². The number of carbonyl (C=O) groups is 2. The summed E-state index contributed by atoms with van der Waals surface area (Å²) in [6.45, 7) is 7.68. The van der Waals surface area contributed by atoms with Gasteiger partial charge in [-0.05, 0) is 75.3 Å². The van der Waals surface area contributed by atoms with E-state index in [0.717, 1.165) is 35.2 Å². The van der Waals surface area contributed by atoms with Gasteiger partial charge in [0.25, 0.3) is 0 Å². The van der Waals surface area contributed by atoms with Gasteiger partial charge in [0.2, 0.25) is 0 Å². The molecule has 0 spiro atoms. The van der Waals surface area contributed by atoms with E-state index in [1.54, 1.807) is 6.20 Å². The summed E-state index contributed by atoms with van der Waals surface area (Å²) in [6.07, 6.45) is 4.11. The Morgan fingerprint density at radius 2 is 1.86 bits per heavy atom. The van der Waals surface area contributed by atoms with Crippen molar-refractivity contribution in [3.05, 3.63) is 83.2 Å². The Hall–Kier alpha value is -3.61. The summed E-state index contributed by atoms with van der Waals surface area (Å²) in [5.41, 5.74) is 3.84. The highest BCUT2D eigenvalue weighted by atomic mass is 16.6. The van der Waals surface area contributed by atoms with Crippen molar-refractivity contribution in [1.29, 1.82) is 0 Å². The monoisotopic (exact) mass is 475 g/mol. The Kier molecular flexibility index (Phi) is 7.24. The van der Waals surface area contributed by atoms with Crippen LogP contribution in [0.5, 0.6) is 0 Å². The Balaban J connectivity index is 1.52. The number of benzene rings is 2. The second-order valence-corrected chi connectivity index (χ2v) is 10.1. The number of carbonyl (C=O) groups excluding carboxylic acids is 2. The number of nitrogens with zero attached hydrogens (tertiary/aromatic N) is 2. The van der Waals surface area contributed by atoms with Gasteiger partial charge in [-0.1, -0.05) is 48.9 Å². The van der Waals surface area contributed by atoms with Crippen LogP contribution in [0.25, 0.3) is 0 Å². The highest BCUT2D eigenvalue weighted by Crippen LogP contribution is 2.44. The van der Waals surface area contributed by atoms with Gasteiger partial charge in [0, 0.05) is 17.8 Å². The summed E-state index contributed by atoms with van der Waals surface area (Å²) in [5, 5.41) is 7.49. The molecule has 1 fully saturated rings. The molecule has 1 heterocycles. The summed E-state index contributed by atoms with van der Waals surface area (Å²) >= 11 is 0. The fourth-order valence-corrected chi connectivity index (χ4v) is 4.30. The first-order chi connectivity index (χ1) is 16.7. The smallest absolute Gasteiger partial charge is 0.435 e. The van der Waals surface area contributed by atoms with Gasteiger partial charge >= 0.3 is 12.2 Å². The molecule has 0 saturated heterocycles. The molecule has 1 atom stereocenters. The Morgan fingerprint density at radius 3 is 2.51 bits per heavy atom. The normalized spacial score (nSPS) is 14.6. The zero-order valence-corrected chi connectivity index (χ0v) is 20.8. The molecule has 0 bridgehead atoms. The topological polar surface area (TPSA) is 82.5 Å². The number of hydrogen-bond donors (Lipinski definition) is 1. The third-order valence-corrected chi connectivity index (χ3v) is 6.14. The maximum absolute atomic E-state index is 12.6. The van der Waals surface area contributed by atoms with Crippen LogP contribution >= 0.6 is 0 Å². The summed E-state index contributed by atoms with van der Waals surface area (Å²) in [6, 6.07) is 17.4. The zero-order chi connectivity index (χ0) is 25.0. The lowest BCUT2D eigenvalue weighted by Crippen LogP contribution is -2.28. The van der Waals surface area contributed by atoms with E-state index < -0.39 is 17.8 Å². The standard InChI is InChI=1S/C28H33N3O4/c1-19-17-31(27(33)35-28(2,3)4)30-25(19)24(21-12-8-13-21)22-14-9-15-23(16-22)29-26(32)34-18-20-10-6-5-7-11-20/h5-7,9-11,14-17,21,24H,8,12-13,18H2,1-4H3,(H,29,32). The predicted molar refractivity (Wildman–Crippen MR) is 134 cm³/mol. The second kappa shape index (κ2) is 10.3. The van der Waals surface area contributed by atoms with Crippen molar-refractivity contribution in [2.45, 2.75) is 65.1 Å². The second-order valence-electron chi connectivity index (χ2n) is 10.1. The molecule has 7 heteroatoms. The number of aryl methyl sites for hydroxylation is 1. The van der Waals surface area contributed by atoms with Crippen molar-refractivity contribution in [3.8, 4) is 0 Å². The van der Waals surface area contributed by atoms with E-state index in [9.17, 15) is 9.59 Å². The van der Waals surface area contributed by atoms with Crippen LogP contribution in [0.4, 0.5) is 15.3 Å². The van der Waals surface area contributed by atoms with E-state index in [2.05, 4.69) is 16.5 Å². The number of nitrogens with one attached hydrogen (secondary N) is 1. The molecule has 0 aliphatic heterocycles. The number of ether oxygens (including phenoxy) is 2. The molecule has 1 amide bonds. The van der Waals surface area contributed by atoms with Gasteiger partial charge in [-0.2, -0.15) is 9.78 Å². The zero-order valence-electron chi connectivity index (χ0n) is 20.8. The van der Waals surface area contributed by atoms with Crippen molar-refractivity contribution >= 4 is 17.9 Å². The maximum Gasteiger partial charge on any atom is 0.435 e. The molecule has 1 unspecified atom stereocenters. The third-order valence-electron chi connectivity index (χ3n) is 6.14. The minimum Gasteiger partial charge on any atom is -0.444 e. The van der Waals surface area contributed by atoms with Crippen LogP contribution in [0.3, 0.4) is 0 Å². The molecule has 0 radical (unpaired) electrons. The van der Waals surface area contributed by atoms with Gasteiger partial charge in [-0.25, -0.2) is 9.59 Å². The van der Waals surface area contributed by atoms with Crippen molar-refractivity contribution in [2.75, 3.05) is 5.32 Å². The number of rotatable bonds is 6. The van der Waals surface area contributed by atoms with E-state index in [-0.39, 0.29) is 12.5 Å². The van der Waals surface area contributed by atoms with Crippen LogP contribution in [0, 0.1) is 12.8 Å². The average Bonchev–Trinajstić information content (AvgIpc) is 3.16. The first kappa shape index (κ1) is 24.5. The van der Waals surface area contributed by atoms with E-state index in [1.807, 2.05) is 76.2 Å². The molecule has 1 N–H and O–H groups in total. The summed E-state index contributed by atoms with van der Waals surface area (Å²) in [4.78, 5) is 25.0. The highest BCUT2D eigenvalue weighted by molar-refractivity contribution is 5.84. The summed E-state index contributed by atoms with van der Waals surface area (Å²) < 4.78 is 12.2. The number of amides is 1. The largest absolute Gasteiger partial charge is 0.444 e. The van der Waals surface area contributed by atoms with Crippen molar-refractivity contribution < 1.29 is 19.1 Å². The molecule has 1 saturated carbocycles. The molecule has 2 aromatic carbocycles. The van der Waals surface area contributed by atoms with Crippen molar-refractivity contribution in [2.24, 2.45) is 5.92 Å². The number of hydrogen-bond acceptors (Lipinski definition) is 5. The lowest BCUT2D eigenvalue weighted by molar-refractivity contribution is 0.0513. The SMILES string of the molecule is Cc1cn(C(=O)OC(C)(C)C)nc1C(c1cccc(NC(=O)OCc2ccccc2)c1)C1CCC1. The highest BCUT2D eigenvalue weighted by Gasteiger charge is 2.33. The fraction of sp³-hybridized carbons (Fsp3) is 0.393. The van der Waals surface area contributed by atoms with Gasteiger partial charge in [0.15, 0.2) is 0 Å². The predicted octanol–water partition coefficient (Wildman–Crippen LogP) is 6.66. The van der Waals surface area contributed by atoms with Gasteiger partial charge < -0.3 is 9.47 Å². The van der Waals surface area contributed by atoms with Crippen LogP contribution in [0.2, 0.25) is 0 Å². The first-order valence-corrected chi connectivity index (χ1v) is 12.1. The Bertz CT molecular complexity index is 1180. The molecule has 3 aromatic rings. The van der Waals surface area contributed by atoms with Crippen molar-refractivity contribution in [3.63, 3.8) is 0 Å². The van der Waals surface area contributed by atoms with Gasteiger partial charge in [-0.3, -0.25) is 5.32 Å². The minimum absolute atomic E-state index is 0.0227. The molecular formula is C28H33N3O4. The maximum atomic E-state index is 12.6. The Morgan fingerprint density at radius 1 is 1.11 bits per heavy atom. The molecule has 1 aliphatic carbocycles. The van der Waals surface area contributed by atoms with Crippen LogP contribution in [-0.4, -0.2) is 27.6 Å². The number of aromatic nitrogens is 2. The quantitative estimate of drug-likeness (QED) is 0.431. The summed E-state index contributed by atoms with van der Waals surface area (Å²) in [5.74, 6) is 0.450. The first-order valence-electron chi connectivity index (χ1n) is 12.1. The lowest BCUT2D eigenvalue weighted by Gasteiger charge is -2.33. The molecule has 1 aromatic heterocycles. The fourth-order valence-electron chi connectivity index (χ4n) is 4.30. The van der Waals surface area contributed by atoms with E-state index in [1.165, 1.54) is 11.1 Å². The average molecular weight is 476 g/mol.